The van der Waals surface area contributed by atoms with Crippen molar-refractivity contribution in [3.05, 3.63) is 17.0 Å². The Bertz CT molecular complexity index is 465. The van der Waals surface area contributed by atoms with Gasteiger partial charge in [0, 0.05) is 32.4 Å². The number of aryl methyl sites for hydroxylation is 2. The van der Waals surface area contributed by atoms with Gasteiger partial charge in [-0.2, -0.15) is 5.10 Å². The molecule has 2 N–H and O–H groups in total. The molecule has 0 aliphatic carbocycles. The molecule has 0 aliphatic heterocycles. The molecule has 1 aromatic rings. The topological polar surface area (TPSA) is 54.2 Å². The lowest BCUT2D eigenvalue weighted by molar-refractivity contribution is 0.481. The predicted octanol–water partition coefficient (Wildman–Crippen LogP) is 2.41. The maximum atomic E-state index is 4.44. The van der Waals surface area contributed by atoms with Crippen LogP contribution in [0.2, 0.25) is 0 Å². The van der Waals surface area contributed by atoms with Crippen molar-refractivity contribution in [2.24, 2.45) is 18.0 Å². The Balaban J connectivity index is 0.00000400. The molecule has 0 fully saturated rings. The first-order chi connectivity index (χ1) is 9.36. The van der Waals surface area contributed by atoms with Gasteiger partial charge in [0.15, 0.2) is 5.96 Å². The summed E-state index contributed by atoms with van der Waals surface area (Å²) in [6, 6.07) is 0.406. The smallest absolute Gasteiger partial charge is 0.191 e. The Morgan fingerprint density at radius 1 is 1.29 bits per heavy atom. The Morgan fingerprint density at radius 3 is 2.33 bits per heavy atom. The number of hydrogen-bond acceptors (Lipinski definition) is 2. The van der Waals surface area contributed by atoms with Crippen LogP contribution in [0.4, 0.5) is 0 Å². The zero-order valence-electron chi connectivity index (χ0n) is 14.3. The maximum Gasteiger partial charge on any atom is 0.191 e. The predicted molar refractivity (Wildman–Crippen MR) is 101 cm³/mol. The van der Waals surface area contributed by atoms with Gasteiger partial charge in [-0.05, 0) is 38.7 Å². The lowest BCUT2D eigenvalue weighted by Crippen LogP contribution is -2.44. The standard InChI is InChI=1S/C15H29N5.HI/c1-10(2)11(3)18-15(16-6)17-9-8-14-12(4)19-20(7)13(14)5;/h10-11H,8-9H2,1-7H3,(H2,16,17,18);1H. The number of nitrogens with one attached hydrogen (secondary N) is 2. The minimum Gasteiger partial charge on any atom is -0.356 e. The number of guanidine groups is 1. The van der Waals surface area contributed by atoms with E-state index in [0.717, 1.165) is 24.6 Å². The van der Waals surface area contributed by atoms with Gasteiger partial charge < -0.3 is 10.6 Å². The summed E-state index contributed by atoms with van der Waals surface area (Å²) in [5.74, 6) is 1.45. The highest BCUT2D eigenvalue weighted by Crippen LogP contribution is 2.11. The fraction of sp³-hybridized carbons (Fsp3) is 0.733. The van der Waals surface area contributed by atoms with Crippen LogP contribution in [-0.4, -0.2) is 35.4 Å². The minimum atomic E-state index is 0. The van der Waals surface area contributed by atoms with Crippen LogP contribution in [0.1, 0.15) is 37.7 Å². The molecule has 5 nitrogen and oxygen atoms in total. The van der Waals surface area contributed by atoms with E-state index in [1.54, 1.807) is 0 Å². The summed E-state index contributed by atoms with van der Waals surface area (Å²) in [4.78, 5) is 4.27. The van der Waals surface area contributed by atoms with Crippen LogP contribution in [0.25, 0.3) is 0 Å². The van der Waals surface area contributed by atoms with E-state index in [2.05, 4.69) is 55.3 Å². The molecule has 6 heteroatoms. The lowest BCUT2D eigenvalue weighted by atomic mass is 10.1. The van der Waals surface area contributed by atoms with E-state index < -0.39 is 0 Å². The first kappa shape index (κ1) is 20.2. The molecule has 0 aromatic carbocycles. The highest BCUT2D eigenvalue weighted by molar-refractivity contribution is 14.0. The second kappa shape index (κ2) is 9.27. The molecule has 1 heterocycles. The summed E-state index contributed by atoms with van der Waals surface area (Å²) in [5, 5.41) is 11.2. The molecule has 0 saturated heterocycles. The van der Waals surface area contributed by atoms with Gasteiger partial charge in [0.05, 0.1) is 5.69 Å². The Kier molecular flexibility index (Phi) is 8.92. The van der Waals surface area contributed by atoms with Crippen LogP contribution in [0.15, 0.2) is 4.99 Å². The van der Waals surface area contributed by atoms with Gasteiger partial charge in [0.1, 0.15) is 0 Å². The molecule has 21 heavy (non-hydrogen) atoms. The minimum absolute atomic E-state index is 0. The average Bonchev–Trinajstić information content (AvgIpc) is 2.63. The number of rotatable bonds is 5. The van der Waals surface area contributed by atoms with Crippen LogP contribution in [0, 0.1) is 19.8 Å². The Morgan fingerprint density at radius 2 is 1.90 bits per heavy atom. The van der Waals surface area contributed by atoms with Crippen molar-refractivity contribution < 1.29 is 0 Å². The van der Waals surface area contributed by atoms with Crippen molar-refractivity contribution in [2.75, 3.05) is 13.6 Å². The van der Waals surface area contributed by atoms with Crippen molar-refractivity contribution in [3.63, 3.8) is 0 Å². The normalized spacial score (nSPS) is 13.0. The van der Waals surface area contributed by atoms with Gasteiger partial charge in [-0.25, -0.2) is 0 Å². The molecule has 0 saturated carbocycles. The van der Waals surface area contributed by atoms with E-state index >= 15 is 0 Å². The van der Waals surface area contributed by atoms with E-state index in [1.807, 2.05) is 18.8 Å². The molecule has 1 atom stereocenters. The second-order valence-corrected chi connectivity index (χ2v) is 5.70. The second-order valence-electron chi connectivity index (χ2n) is 5.70. The third-order valence-corrected chi connectivity index (χ3v) is 3.91. The van der Waals surface area contributed by atoms with Crippen molar-refractivity contribution >= 4 is 29.9 Å². The van der Waals surface area contributed by atoms with E-state index in [4.69, 9.17) is 0 Å². The number of halogens is 1. The third-order valence-electron chi connectivity index (χ3n) is 3.91. The molecule has 0 radical (unpaired) electrons. The zero-order valence-corrected chi connectivity index (χ0v) is 16.6. The molecule has 0 bridgehead atoms. The zero-order chi connectivity index (χ0) is 15.3. The highest BCUT2D eigenvalue weighted by atomic mass is 127. The molecular formula is C15H30IN5. The van der Waals surface area contributed by atoms with E-state index in [1.165, 1.54) is 11.3 Å². The van der Waals surface area contributed by atoms with Gasteiger partial charge in [0.25, 0.3) is 0 Å². The number of aliphatic imine (C=N–C) groups is 1. The van der Waals surface area contributed by atoms with Gasteiger partial charge >= 0.3 is 0 Å². The van der Waals surface area contributed by atoms with Gasteiger partial charge in [-0.3, -0.25) is 9.67 Å². The number of aromatic nitrogens is 2. The van der Waals surface area contributed by atoms with Crippen molar-refractivity contribution in [1.29, 1.82) is 0 Å². The fourth-order valence-electron chi connectivity index (χ4n) is 2.06. The summed E-state index contributed by atoms with van der Waals surface area (Å²) < 4.78 is 1.94. The Labute approximate surface area is 146 Å². The largest absolute Gasteiger partial charge is 0.356 e. The molecular weight excluding hydrogens is 377 g/mol. The number of nitrogens with zero attached hydrogens (tertiary/aromatic N) is 3. The summed E-state index contributed by atoms with van der Waals surface area (Å²) in [6.45, 7) is 11.6. The van der Waals surface area contributed by atoms with Crippen LogP contribution < -0.4 is 10.6 Å². The van der Waals surface area contributed by atoms with Crippen LogP contribution in [-0.2, 0) is 13.5 Å². The van der Waals surface area contributed by atoms with Crippen molar-refractivity contribution in [1.82, 2.24) is 20.4 Å². The first-order valence-electron chi connectivity index (χ1n) is 7.33. The number of hydrogen-bond donors (Lipinski definition) is 2. The van der Waals surface area contributed by atoms with Crippen molar-refractivity contribution in [2.45, 2.75) is 47.1 Å². The fourth-order valence-corrected chi connectivity index (χ4v) is 2.06. The van der Waals surface area contributed by atoms with E-state index in [9.17, 15) is 0 Å². The van der Waals surface area contributed by atoms with E-state index in [0.29, 0.717) is 12.0 Å². The lowest BCUT2D eigenvalue weighted by Gasteiger charge is -2.20. The molecule has 122 valence electrons. The summed E-state index contributed by atoms with van der Waals surface area (Å²) in [7, 11) is 3.80. The Hall–Kier alpha value is -0.790. The maximum absolute atomic E-state index is 4.44. The van der Waals surface area contributed by atoms with Gasteiger partial charge in [0.2, 0.25) is 0 Å². The first-order valence-corrected chi connectivity index (χ1v) is 7.33. The molecule has 0 spiro atoms. The van der Waals surface area contributed by atoms with Crippen LogP contribution in [0.3, 0.4) is 0 Å². The van der Waals surface area contributed by atoms with Crippen molar-refractivity contribution in [3.8, 4) is 0 Å². The van der Waals surface area contributed by atoms with Gasteiger partial charge in [-0.1, -0.05) is 13.8 Å². The van der Waals surface area contributed by atoms with E-state index in [-0.39, 0.29) is 24.0 Å². The van der Waals surface area contributed by atoms with Crippen LogP contribution in [0.5, 0.6) is 0 Å². The SMILES string of the molecule is CN=C(NCCc1c(C)nn(C)c1C)NC(C)C(C)C.I. The molecule has 1 aromatic heterocycles. The highest BCUT2D eigenvalue weighted by Gasteiger charge is 2.11. The molecule has 1 unspecified atom stereocenters. The monoisotopic (exact) mass is 407 g/mol. The van der Waals surface area contributed by atoms with Gasteiger partial charge in [-0.15, -0.1) is 24.0 Å². The molecule has 0 aliphatic rings. The summed E-state index contributed by atoms with van der Waals surface area (Å²) >= 11 is 0. The molecule has 1 rings (SSSR count). The third kappa shape index (κ3) is 5.84. The summed E-state index contributed by atoms with van der Waals surface area (Å²) in [6.07, 6.45) is 0.961. The average molecular weight is 407 g/mol. The quantitative estimate of drug-likeness (QED) is 0.448. The molecule has 0 amide bonds. The van der Waals surface area contributed by atoms with Crippen LogP contribution >= 0.6 is 24.0 Å². The summed E-state index contributed by atoms with van der Waals surface area (Å²) in [5.41, 5.74) is 3.68.